The zero-order valence-electron chi connectivity index (χ0n) is 21.5. The number of sulfonamides is 1. The molecule has 2 aromatic carbocycles. The summed E-state index contributed by atoms with van der Waals surface area (Å²) < 4.78 is 53.7. The number of aromatic nitrogens is 2. The number of carbonyl (C=O) groups excluding carboxylic acids is 1. The number of carbonyl (C=O) groups is 1. The van der Waals surface area contributed by atoms with Crippen LogP contribution in [0.15, 0.2) is 77.8 Å². The van der Waals surface area contributed by atoms with Crippen molar-refractivity contribution in [2.24, 2.45) is 5.92 Å². The maximum absolute atomic E-state index is 14.4. The summed E-state index contributed by atoms with van der Waals surface area (Å²) in [6.07, 6.45) is 0. The molecule has 0 saturated carbocycles. The average Bonchev–Trinajstić information content (AvgIpc) is 2.88. The molecule has 4 rings (SSSR count). The minimum absolute atomic E-state index is 0.0215. The molecular weight excluding hydrogens is 523 g/mol. The van der Waals surface area contributed by atoms with Crippen molar-refractivity contribution >= 4 is 21.7 Å². The molecule has 0 unspecified atom stereocenters. The standard InChI is InChI=1S/C28H27FN4O5S/c1-17(2)16-37-21-14-19(13-20(29)15-21)23-12-11-22(28(31-23)38-24-8-5-4-7-18(24)3)27(34)33-39(35,36)26-10-6-9-25(30)32-26/h4-15,17H,16H2,1-3H3,(H2,30,32)(H,33,34). The van der Waals surface area contributed by atoms with E-state index in [9.17, 15) is 17.6 Å². The van der Waals surface area contributed by atoms with Crippen LogP contribution >= 0.6 is 0 Å². The monoisotopic (exact) mass is 550 g/mol. The number of nitrogens with one attached hydrogen (secondary N) is 1. The van der Waals surface area contributed by atoms with Gasteiger partial charge in [0.25, 0.3) is 15.9 Å². The quantitative estimate of drug-likeness (QED) is 0.293. The van der Waals surface area contributed by atoms with Crippen LogP contribution in [0.3, 0.4) is 0 Å². The SMILES string of the molecule is Cc1ccccc1Oc1nc(-c2cc(F)cc(OCC(C)C)c2)ccc1C(=O)NS(=O)(=O)c1cccc(N)n1. The maximum Gasteiger partial charge on any atom is 0.281 e. The van der Waals surface area contributed by atoms with Gasteiger partial charge in [0.15, 0.2) is 5.03 Å². The van der Waals surface area contributed by atoms with Crippen LogP contribution < -0.4 is 19.9 Å². The van der Waals surface area contributed by atoms with Gasteiger partial charge in [0, 0.05) is 11.6 Å². The number of aryl methyl sites for hydroxylation is 1. The van der Waals surface area contributed by atoms with E-state index in [1.54, 1.807) is 31.2 Å². The lowest BCUT2D eigenvalue weighted by molar-refractivity contribution is 0.0978. The number of ether oxygens (including phenoxy) is 2. The third-order valence-corrected chi connectivity index (χ3v) is 6.64. The van der Waals surface area contributed by atoms with Crippen molar-refractivity contribution in [1.82, 2.24) is 14.7 Å². The summed E-state index contributed by atoms with van der Waals surface area (Å²) in [4.78, 5) is 21.4. The lowest BCUT2D eigenvalue weighted by Gasteiger charge is -2.14. The Morgan fingerprint density at radius 1 is 1.03 bits per heavy atom. The van der Waals surface area contributed by atoms with Crippen molar-refractivity contribution in [3.63, 3.8) is 0 Å². The third kappa shape index (κ3) is 6.88. The van der Waals surface area contributed by atoms with Crippen molar-refractivity contribution in [2.75, 3.05) is 12.3 Å². The Kier molecular flexibility index (Phi) is 8.10. The van der Waals surface area contributed by atoms with Gasteiger partial charge in [-0.25, -0.2) is 19.1 Å². The molecule has 0 fully saturated rings. The summed E-state index contributed by atoms with van der Waals surface area (Å²) in [5.74, 6) is -0.767. The first-order valence-corrected chi connectivity index (χ1v) is 13.5. The van der Waals surface area contributed by atoms with Gasteiger partial charge in [0.1, 0.15) is 28.7 Å². The van der Waals surface area contributed by atoms with Crippen LogP contribution in [0.1, 0.15) is 29.8 Å². The van der Waals surface area contributed by atoms with E-state index in [4.69, 9.17) is 15.2 Å². The fourth-order valence-corrected chi connectivity index (χ4v) is 4.44. The molecule has 0 bridgehead atoms. The van der Waals surface area contributed by atoms with Crippen molar-refractivity contribution in [1.29, 1.82) is 0 Å². The molecule has 0 spiro atoms. The molecule has 3 N–H and O–H groups in total. The van der Waals surface area contributed by atoms with Crippen LogP contribution in [0.25, 0.3) is 11.3 Å². The topological polar surface area (TPSA) is 134 Å². The third-order valence-electron chi connectivity index (χ3n) is 5.40. The number of nitrogens with zero attached hydrogens (tertiary/aromatic N) is 2. The molecule has 2 heterocycles. The number of pyridine rings is 2. The molecular formula is C28H27FN4O5S. The number of amides is 1. The highest BCUT2D eigenvalue weighted by Gasteiger charge is 2.24. The van der Waals surface area contributed by atoms with Gasteiger partial charge in [-0.15, -0.1) is 0 Å². The molecule has 0 radical (unpaired) electrons. The van der Waals surface area contributed by atoms with Crippen LogP contribution in [-0.4, -0.2) is 30.9 Å². The number of halogens is 1. The van der Waals surface area contributed by atoms with Gasteiger partial charge in [-0.05, 0) is 60.9 Å². The van der Waals surface area contributed by atoms with Gasteiger partial charge in [0.05, 0.1) is 12.3 Å². The molecule has 202 valence electrons. The van der Waals surface area contributed by atoms with Crippen LogP contribution in [-0.2, 0) is 10.0 Å². The highest BCUT2D eigenvalue weighted by atomic mass is 32.2. The Balaban J connectivity index is 1.74. The molecule has 1 amide bonds. The highest BCUT2D eigenvalue weighted by molar-refractivity contribution is 7.90. The van der Waals surface area contributed by atoms with Gasteiger partial charge >= 0.3 is 0 Å². The minimum atomic E-state index is -4.36. The zero-order valence-corrected chi connectivity index (χ0v) is 22.3. The summed E-state index contributed by atoms with van der Waals surface area (Å²) in [6, 6.07) is 18.1. The van der Waals surface area contributed by atoms with Gasteiger partial charge < -0.3 is 15.2 Å². The number of benzene rings is 2. The van der Waals surface area contributed by atoms with E-state index in [-0.39, 0.29) is 28.9 Å². The number of anilines is 1. The van der Waals surface area contributed by atoms with E-state index < -0.39 is 26.8 Å². The number of hydrogen-bond donors (Lipinski definition) is 2. The van der Waals surface area contributed by atoms with Gasteiger partial charge in [-0.1, -0.05) is 38.1 Å². The van der Waals surface area contributed by atoms with Gasteiger partial charge in [-0.3, -0.25) is 4.79 Å². The molecule has 11 heteroatoms. The van der Waals surface area contributed by atoms with Crippen LogP contribution in [0.4, 0.5) is 10.2 Å². The first-order chi connectivity index (χ1) is 18.5. The summed E-state index contributed by atoms with van der Waals surface area (Å²) in [5, 5.41) is -0.421. The minimum Gasteiger partial charge on any atom is -0.493 e. The van der Waals surface area contributed by atoms with Crippen molar-refractivity contribution in [3.8, 4) is 28.6 Å². The largest absolute Gasteiger partial charge is 0.493 e. The predicted molar refractivity (Wildman–Crippen MR) is 145 cm³/mol. The van der Waals surface area contributed by atoms with Crippen molar-refractivity contribution in [3.05, 3.63) is 89.7 Å². The van der Waals surface area contributed by atoms with Crippen LogP contribution in [0.5, 0.6) is 17.4 Å². The van der Waals surface area contributed by atoms with Crippen molar-refractivity contribution in [2.45, 2.75) is 25.8 Å². The van der Waals surface area contributed by atoms with Crippen LogP contribution in [0, 0.1) is 18.7 Å². The van der Waals surface area contributed by atoms with Gasteiger partial charge in [0.2, 0.25) is 5.88 Å². The average molecular weight is 551 g/mol. The number of hydrogen-bond acceptors (Lipinski definition) is 8. The second-order valence-electron chi connectivity index (χ2n) is 9.13. The van der Waals surface area contributed by atoms with Crippen molar-refractivity contribution < 1.29 is 27.1 Å². The van der Waals surface area contributed by atoms with E-state index in [1.165, 1.54) is 42.5 Å². The second-order valence-corrected chi connectivity index (χ2v) is 10.8. The smallest absolute Gasteiger partial charge is 0.281 e. The number of rotatable bonds is 9. The zero-order chi connectivity index (χ0) is 28.2. The lowest BCUT2D eigenvalue weighted by Crippen LogP contribution is -2.31. The molecule has 4 aromatic rings. The fraction of sp³-hybridized carbons (Fsp3) is 0.179. The fourth-order valence-electron chi connectivity index (χ4n) is 3.49. The molecule has 39 heavy (non-hydrogen) atoms. The summed E-state index contributed by atoms with van der Waals surface area (Å²) in [6.45, 7) is 6.15. The molecule has 2 aromatic heterocycles. The Hall–Kier alpha value is -4.51. The number of nitrogen functional groups attached to an aromatic ring is 1. The van der Waals surface area contributed by atoms with Crippen LogP contribution in [0.2, 0.25) is 0 Å². The highest BCUT2D eigenvalue weighted by Crippen LogP contribution is 2.31. The first kappa shape index (κ1) is 27.5. The normalized spacial score (nSPS) is 11.3. The summed E-state index contributed by atoms with van der Waals surface area (Å²) in [7, 11) is -4.36. The van der Waals surface area contributed by atoms with Gasteiger partial charge in [-0.2, -0.15) is 8.42 Å². The molecule has 0 aliphatic carbocycles. The molecule has 0 aliphatic rings. The predicted octanol–water partition coefficient (Wildman–Crippen LogP) is 5.12. The first-order valence-electron chi connectivity index (χ1n) is 12.0. The van der Waals surface area contributed by atoms with E-state index in [0.29, 0.717) is 23.7 Å². The molecule has 0 saturated heterocycles. The maximum atomic E-state index is 14.4. The van der Waals surface area contributed by atoms with E-state index in [2.05, 4.69) is 9.97 Å². The Bertz CT molecular complexity index is 1630. The molecule has 0 atom stereocenters. The Morgan fingerprint density at radius 2 is 1.79 bits per heavy atom. The van der Waals surface area contributed by atoms with E-state index in [0.717, 1.165) is 5.56 Å². The number of nitrogens with two attached hydrogens (primary N) is 1. The Morgan fingerprint density at radius 3 is 2.51 bits per heavy atom. The van der Waals surface area contributed by atoms with E-state index >= 15 is 0 Å². The summed E-state index contributed by atoms with van der Waals surface area (Å²) >= 11 is 0. The lowest BCUT2D eigenvalue weighted by atomic mass is 10.1. The second kappa shape index (κ2) is 11.5. The van der Waals surface area contributed by atoms with E-state index in [1.807, 2.05) is 24.6 Å². The molecule has 0 aliphatic heterocycles. The molecule has 9 nitrogen and oxygen atoms in total. The number of para-hydroxylation sites is 1. The summed E-state index contributed by atoms with van der Waals surface area (Å²) in [5.41, 5.74) is 6.85. The Labute approximate surface area is 225 Å².